The first kappa shape index (κ1) is 21.9. The van der Waals surface area contributed by atoms with E-state index in [-0.39, 0.29) is 73.5 Å². The van der Waals surface area contributed by atoms with Crippen molar-refractivity contribution >= 4 is 0 Å². The maximum absolute atomic E-state index is 11.8. The number of aliphatic hydroxyl groups excluding tert-OH is 1. The molecule has 4 fully saturated rings. The van der Waals surface area contributed by atoms with Crippen LogP contribution in [0.5, 0.6) is 0 Å². The first-order chi connectivity index (χ1) is 12.6. The maximum atomic E-state index is 11.8. The molecule has 2 heterocycles. The number of rotatable bonds is 0. The van der Waals surface area contributed by atoms with Gasteiger partial charge in [-0.1, -0.05) is 52.4 Å². The molecule has 2 aliphatic heterocycles. The van der Waals surface area contributed by atoms with Crippen molar-refractivity contribution in [2.24, 2.45) is 46.3 Å². The SMILES string of the molecule is CC1=CC(C)[C@@H](C)[C@@]2(C)[C@@H]1C[C@H]1OC(C)[CH-][C@H]3[C@H](C)[C@H](O)[C@]4(O)OC[C@]13[C@@H]42.[Y]. The monoisotopic (exact) mass is 464 g/mol. The molecule has 28 heavy (non-hydrogen) atoms. The third kappa shape index (κ3) is 2.29. The molecule has 5 rings (SSSR count). The van der Waals surface area contributed by atoms with E-state index in [1.165, 1.54) is 5.57 Å². The smallest absolute Gasteiger partial charge is 0.196 e. The average Bonchev–Trinajstić information content (AvgIpc) is 2.90. The van der Waals surface area contributed by atoms with Gasteiger partial charge in [0.2, 0.25) is 0 Å². The minimum atomic E-state index is -1.48. The molecule has 1 radical (unpaired) electrons. The van der Waals surface area contributed by atoms with Gasteiger partial charge in [0.25, 0.3) is 0 Å². The van der Waals surface area contributed by atoms with E-state index in [2.05, 4.69) is 54.0 Å². The quantitative estimate of drug-likeness (QED) is 0.427. The van der Waals surface area contributed by atoms with Crippen LogP contribution in [0.25, 0.3) is 0 Å². The number of hydrogen-bond acceptors (Lipinski definition) is 4. The van der Waals surface area contributed by atoms with Crippen LogP contribution in [-0.2, 0) is 42.2 Å². The Bertz CT molecular complexity index is 696. The fourth-order valence-electron chi connectivity index (χ4n) is 8.44. The first-order valence-electron chi connectivity index (χ1n) is 10.8. The predicted molar refractivity (Wildman–Crippen MR) is 102 cm³/mol. The summed E-state index contributed by atoms with van der Waals surface area (Å²) in [6, 6.07) is 0. The summed E-state index contributed by atoms with van der Waals surface area (Å²) in [6.45, 7) is 13.9. The summed E-state index contributed by atoms with van der Waals surface area (Å²) in [5, 5.41) is 23.0. The molecule has 0 amide bonds. The van der Waals surface area contributed by atoms with Gasteiger partial charge < -0.3 is 19.7 Å². The molecule has 4 nitrogen and oxygen atoms in total. The summed E-state index contributed by atoms with van der Waals surface area (Å²) in [5.74, 6) is -0.220. The van der Waals surface area contributed by atoms with E-state index >= 15 is 0 Å². The van der Waals surface area contributed by atoms with Gasteiger partial charge in [0.05, 0.1) is 12.7 Å². The van der Waals surface area contributed by atoms with E-state index < -0.39 is 11.9 Å². The van der Waals surface area contributed by atoms with Crippen LogP contribution in [0, 0.1) is 52.8 Å². The Morgan fingerprint density at radius 2 is 1.89 bits per heavy atom. The second-order valence-corrected chi connectivity index (χ2v) is 10.7. The molecule has 0 aromatic heterocycles. The van der Waals surface area contributed by atoms with Crippen molar-refractivity contribution in [1.82, 2.24) is 0 Å². The van der Waals surface area contributed by atoms with Gasteiger partial charge in [-0.15, -0.1) is 5.92 Å². The molecule has 155 valence electrons. The Kier molecular flexibility index (Phi) is 5.16. The predicted octanol–water partition coefficient (Wildman–Crippen LogP) is 3.18. The van der Waals surface area contributed by atoms with Crippen molar-refractivity contribution < 1.29 is 52.4 Å². The zero-order valence-corrected chi connectivity index (χ0v) is 20.9. The molecular weight excluding hydrogens is 429 g/mol. The van der Waals surface area contributed by atoms with E-state index in [1.54, 1.807) is 0 Å². The molecule has 1 spiro atoms. The minimum absolute atomic E-state index is 0. The number of ether oxygens (including phenoxy) is 2. The zero-order chi connectivity index (χ0) is 19.5. The second kappa shape index (κ2) is 6.59. The van der Waals surface area contributed by atoms with Crippen LogP contribution < -0.4 is 0 Å². The minimum Gasteiger partial charge on any atom is -0.406 e. The zero-order valence-electron chi connectivity index (χ0n) is 18.1. The Hall–Kier alpha value is 0.684. The standard InChI is InChI=1S/C23H35O4.Y/c1-11-7-12(2)16-9-18-22-10-26-23(25,20(22)21(16,6)15(11)5)19(24)14(4)17(22)8-13(3)27-18;/h7-8,11,13-20,24-25H,9-10H2,1-6H3;/q-1;/t11?,13?,14-,15+,16+,17-,18+,19-,20-,21-,22+,23-;/m0./s1. The van der Waals surface area contributed by atoms with Gasteiger partial charge >= 0.3 is 0 Å². The van der Waals surface area contributed by atoms with E-state index in [9.17, 15) is 10.2 Å². The Morgan fingerprint density at radius 1 is 1.21 bits per heavy atom. The fraction of sp³-hybridized carbons (Fsp3) is 0.870. The van der Waals surface area contributed by atoms with E-state index in [0.29, 0.717) is 24.4 Å². The van der Waals surface area contributed by atoms with Crippen LogP contribution >= 0.6 is 0 Å². The van der Waals surface area contributed by atoms with E-state index in [4.69, 9.17) is 9.47 Å². The number of fused-ring (bicyclic) bond motifs is 1. The second-order valence-electron chi connectivity index (χ2n) is 10.7. The molecule has 0 aromatic carbocycles. The molecule has 2 N–H and O–H groups in total. The van der Waals surface area contributed by atoms with Gasteiger partial charge in [-0.25, -0.2) is 0 Å². The molecule has 2 bridgehead atoms. The van der Waals surface area contributed by atoms with Crippen molar-refractivity contribution in [3.63, 3.8) is 0 Å². The summed E-state index contributed by atoms with van der Waals surface area (Å²) in [7, 11) is 0. The van der Waals surface area contributed by atoms with Gasteiger partial charge in [0, 0.05) is 44.0 Å². The van der Waals surface area contributed by atoms with Crippen LogP contribution in [0.4, 0.5) is 0 Å². The normalized spacial score (nSPS) is 62.3. The number of allylic oxidation sites excluding steroid dienone is 2. The molecule has 3 aliphatic carbocycles. The molecule has 2 saturated heterocycles. The summed E-state index contributed by atoms with van der Waals surface area (Å²) in [4.78, 5) is 0. The van der Waals surface area contributed by atoms with Gasteiger partial charge in [-0.2, -0.15) is 0 Å². The number of aliphatic hydroxyl groups is 2. The summed E-state index contributed by atoms with van der Waals surface area (Å²) in [6.07, 6.45) is 4.96. The summed E-state index contributed by atoms with van der Waals surface area (Å²) in [5.41, 5.74) is 1.05. The van der Waals surface area contributed by atoms with Crippen LogP contribution in [-0.4, -0.2) is 40.9 Å². The number of hydrogen-bond donors (Lipinski definition) is 2. The van der Waals surface area contributed by atoms with Crippen LogP contribution in [0.2, 0.25) is 0 Å². The molecule has 2 saturated carbocycles. The maximum Gasteiger partial charge on any atom is 0.196 e. The van der Waals surface area contributed by atoms with Crippen molar-refractivity contribution in [2.45, 2.75) is 72.1 Å². The fourth-order valence-corrected chi connectivity index (χ4v) is 8.44. The van der Waals surface area contributed by atoms with Crippen molar-refractivity contribution in [3.8, 4) is 0 Å². The molecule has 2 unspecified atom stereocenters. The average molecular weight is 464 g/mol. The Morgan fingerprint density at radius 3 is 2.57 bits per heavy atom. The summed E-state index contributed by atoms with van der Waals surface area (Å²) < 4.78 is 12.7. The van der Waals surface area contributed by atoms with Crippen LogP contribution in [0.3, 0.4) is 0 Å². The molecule has 12 atom stereocenters. The topological polar surface area (TPSA) is 58.9 Å². The van der Waals surface area contributed by atoms with E-state index in [1.807, 2.05) is 0 Å². The van der Waals surface area contributed by atoms with Gasteiger partial charge in [0.15, 0.2) is 5.79 Å². The largest absolute Gasteiger partial charge is 0.406 e. The van der Waals surface area contributed by atoms with Crippen molar-refractivity contribution in [3.05, 3.63) is 18.1 Å². The van der Waals surface area contributed by atoms with Gasteiger partial charge in [-0.3, -0.25) is 6.42 Å². The van der Waals surface area contributed by atoms with Crippen LogP contribution in [0.1, 0.15) is 48.0 Å². The van der Waals surface area contributed by atoms with Gasteiger partial charge in [0.1, 0.15) is 6.10 Å². The molecule has 5 aliphatic rings. The van der Waals surface area contributed by atoms with Crippen molar-refractivity contribution in [2.75, 3.05) is 6.61 Å². The Labute approximate surface area is 194 Å². The third-order valence-corrected chi connectivity index (χ3v) is 9.74. The van der Waals surface area contributed by atoms with Crippen molar-refractivity contribution in [1.29, 1.82) is 0 Å². The molecular formula is C23H35O4Y-. The summed E-state index contributed by atoms with van der Waals surface area (Å²) >= 11 is 0. The molecule has 0 aromatic rings. The van der Waals surface area contributed by atoms with E-state index in [0.717, 1.165) is 6.42 Å². The van der Waals surface area contributed by atoms with Gasteiger partial charge in [-0.05, 0) is 42.4 Å². The molecule has 5 heteroatoms. The third-order valence-electron chi connectivity index (χ3n) is 9.74. The first-order valence-corrected chi connectivity index (χ1v) is 10.8. The Balaban J connectivity index is 0.00000192. The van der Waals surface area contributed by atoms with Crippen LogP contribution in [0.15, 0.2) is 11.6 Å².